The molecule has 0 aliphatic heterocycles. The number of aryl methyl sites for hydroxylation is 2. The number of nitrogens with one attached hydrogen (secondary N) is 1. The van der Waals surface area contributed by atoms with E-state index in [1.54, 1.807) is 18.1 Å². The van der Waals surface area contributed by atoms with E-state index in [2.05, 4.69) is 16.4 Å². The maximum atomic E-state index is 12.5. The molecule has 0 fully saturated rings. The van der Waals surface area contributed by atoms with Crippen molar-refractivity contribution in [2.75, 3.05) is 12.4 Å². The van der Waals surface area contributed by atoms with Gasteiger partial charge in [0.2, 0.25) is 0 Å². The smallest absolute Gasteiger partial charge is 0.321 e. The highest BCUT2D eigenvalue weighted by atomic mass is 16.3. The van der Waals surface area contributed by atoms with E-state index >= 15 is 0 Å². The van der Waals surface area contributed by atoms with Crippen molar-refractivity contribution in [2.45, 2.75) is 33.2 Å². The first kappa shape index (κ1) is 17.0. The molecule has 5 nitrogen and oxygen atoms in total. The van der Waals surface area contributed by atoms with E-state index in [9.17, 15) is 4.79 Å². The number of hydrogen-bond donors (Lipinski definition) is 1. The van der Waals surface area contributed by atoms with Crippen LogP contribution < -0.4 is 5.32 Å². The summed E-state index contributed by atoms with van der Waals surface area (Å²) in [4.78, 5) is 18.6. The molecule has 5 heteroatoms. The summed E-state index contributed by atoms with van der Waals surface area (Å²) in [7, 11) is 1.80. The van der Waals surface area contributed by atoms with Gasteiger partial charge in [0.25, 0.3) is 0 Å². The molecule has 130 valence electrons. The van der Waals surface area contributed by atoms with Gasteiger partial charge in [-0.2, -0.15) is 0 Å². The van der Waals surface area contributed by atoms with Crippen LogP contribution in [0.1, 0.15) is 23.9 Å². The number of likely N-dealkylation sites (N-methyl/N-ethyl adjacent to an activating group) is 1. The van der Waals surface area contributed by atoms with Crippen molar-refractivity contribution in [1.29, 1.82) is 0 Å². The third kappa shape index (κ3) is 3.99. The molecule has 3 aromatic rings. The zero-order valence-corrected chi connectivity index (χ0v) is 15.0. The lowest BCUT2D eigenvalue weighted by Gasteiger charge is -2.25. The fourth-order valence-corrected chi connectivity index (χ4v) is 2.82. The molecule has 3 rings (SSSR count). The molecule has 0 radical (unpaired) electrons. The van der Waals surface area contributed by atoms with Crippen molar-refractivity contribution >= 4 is 22.7 Å². The first-order valence-corrected chi connectivity index (χ1v) is 8.38. The Labute approximate surface area is 147 Å². The SMILES string of the molecule is Cc1ccnc(C[C@@H](C)N(C)C(=O)Nc2ccc3oc(C)cc3c2)c1. The molecule has 0 bridgehead atoms. The minimum Gasteiger partial charge on any atom is -0.461 e. The number of benzene rings is 1. The van der Waals surface area contributed by atoms with E-state index < -0.39 is 0 Å². The summed E-state index contributed by atoms with van der Waals surface area (Å²) in [6, 6.07) is 11.5. The number of furan rings is 1. The fourth-order valence-electron chi connectivity index (χ4n) is 2.82. The zero-order valence-electron chi connectivity index (χ0n) is 15.0. The summed E-state index contributed by atoms with van der Waals surface area (Å²) in [5.74, 6) is 0.856. The van der Waals surface area contributed by atoms with Gasteiger partial charge in [-0.1, -0.05) is 0 Å². The maximum absolute atomic E-state index is 12.5. The van der Waals surface area contributed by atoms with Gasteiger partial charge in [-0.3, -0.25) is 4.98 Å². The standard InChI is InChI=1S/C20H23N3O2/c1-13-7-8-21-18(9-13)10-14(2)23(4)20(24)22-17-5-6-19-16(12-17)11-15(3)25-19/h5-9,11-12,14H,10H2,1-4H3,(H,22,24)/t14-/m1/s1. The molecule has 0 aliphatic rings. The topological polar surface area (TPSA) is 58.4 Å². The van der Waals surface area contributed by atoms with E-state index in [1.807, 2.05) is 51.1 Å². The minimum absolute atomic E-state index is 0.0363. The summed E-state index contributed by atoms with van der Waals surface area (Å²) in [5, 5.41) is 3.93. The molecule has 0 unspecified atom stereocenters. The average Bonchev–Trinajstić information content (AvgIpc) is 2.93. The Morgan fingerprint density at radius 1 is 1.24 bits per heavy atom. The first-order valence-electron chi connectivity index (χ1n) is 8.38. The third-order valence-corrected chi connectivity index (χ3v) is 4.35. The van der Waals surface area contributed by atoms with E-state index in [0.717, 1.165) is 28.1 Å². The first-order chi connectivity index (χ1) is 11.9. The number of urea groups is 1. The highest BCUT2D eigenvalue weighted by molar-refractivity contribution is 5.92. The van der Waals surface area contributed by atoms with Crippen molar-refractivity contribution < 1.29 is 9.21 Å². The molecule has 1 N–H and O–H groups in total. The predicted octanol–water partition coefficient (Wildman–Crippen LogP) is 4.54. The van der Waals surface area contributed by atoms with Gasteiger partial charge >= 0.3 is 6.03 Å². The van der Waals surface area contributed by atoms with Gasteiger partial charge in [-0.25, -0.2) is 4.79 Å². The summed E-state index contributed by atoms with van der Waals surface area (Å²) < 4.78 is 5.56. The van der Waals surface area contributed by atoms with Crippen LogP contribution in [0.4, 0.5) is 10.5 Å². The Hall–Kier alpha value is -2.82. The summed E-state index contributed by atoms with van der Waals surface area (Å²) in [6.45, 7) is 5.97. The number of amides is 2. The lowest BCUT2D eigenvalue weighted by molar-refractivity contribution is 0.207. The molecular weight excluding hydrogens is 314 g/mol. The van der Waals surface area contributed by atoms with Crippen LogP contribution in [0, 0.1) is 13.8 Å². The van der Waals surface area contributed by atoms with Crippen molar-refractivity contribution in [3.8, 4) is 0 Å². The number of pyridine rings is 1. The van der Waals surface area contributed by atoms with Gasteiger partial charge in [0, 0.05) is 42.5 Å². The number of aromatic nitrogens is 1. The molecular formula is C20H23N3O2. The Morgan fingerprint density at radius 3 is 2.80 bits per heavy atom. The van der Waals surface area contributed by atoms with Crippen LogP contribution in [0.15, 0.2) is 47.0 Å². The van der Waals surface area contributed by atoms with Gasteiger partial charge in [-0.05, 0) is 62.7 Å². The van der Waals surface area contributed by atoms with Crippen molar-refractivity contribution in [3.05, 3.63) is 59.6 Å². The number of carbonyl (C=O) groups is 1. The Bertz CT molecular complexity index is 901. The average molecular weight is 337 g/mol. The highest BCUT2D eigenvalue weighted by Crippen LogP contribution is 2.23. The molecule has 0 saturated heterocycles. The number of anilines is 1. The predicted molar refractivity (Wildman–Crippen MR) is 99.9 cm³/mol. The molecule has 2 heterocycles. The van der Waals surface area contributed by atoms with Gasteiger partial charge in [-0.15, -0.1) is 0 Å². The largest absolute Gasteiger partial charge is 0.461 e. The summed E-state index contributed by atoms with van der Waals surface area (Å²) in [6.07, 6.45) is 2.52. The number of hydrogen-bond acceptors (Lipinski definition) is 3. The van der Waals surface area contributed by atoms with Crippen molar-refractivity contribution in [3.63, 3.8) is 0 Å². The highest BCUT2D eigenvalue weighted by Gasteiger charge is 2.17. The van der Waals surface area contributed by atoms with Crippen LogP contribution in [-0.4, -0.2) is 29.0 Å². The number of rotatable bonds is 4. The minimum atomic E-state index is -0.139. The Balaban J connectivity index is 1.66. The van der Waals surface area contributed by atoms with Crippen molar-refractivity contribution in [1.82, 2.24) is 9.88 Å². The molecule has 25 heavy (non-hydrogen) atoms. The lowest BCUT2D eigenvalue weighted by Crippen LogP contribution is -2.39. The second-order valence-corrected chi connectivity index (χ2v) is 6.53. The van der Waals surface area contributed by atoms with E-state index in [-0.39, 0.29) is 12.1 Å². The zero-order chi connectivity index (χ0) is 18.0. The van der Waals surface area contributed by atoms with Crippen molar-refractivity contribution in [2.24, 2.45) is 0 Å². The van der Waals surface area contributed by atoms with Crippen LogP contribution in [0.2, 0.25) is 0 Å². The number of fused-ring (bicyclic) bond motifs is 1. The molecule has 2 aromatic heterocycles. The quantitative estimate of drug-likeness (QED) is 0.760. The maximum Gasteiger partial charge on any atom is 0.321 e. The van der Waals surface area contributed by atoms with Crippen LogP contribution in [0.3, 0.4) is 0 Å². The molecule has 0 spiro atoms. The lowest BCUT2D eigenvalue weighted by atomic mass is 10.1. The molecule has 0 aliphatic carbocycles. The van der Waals surface area contributed by atoms with Crippen LogP contribution >= 0.6 is 0 Å². The number of carbonyl (C=O) groups excluding carboxylic acids is 1. The van der Waals surface area contributed by atoms with Gasteiger partial charge in [0.15, 0.2) is 0 Å². The second kappa shape index (κ2) is 6.97. The monoisotopic (exact) mass is 337 g/mol. The van der Waals surface area contributed by atoms with Crippen LogP contribution in [-0.2, 0) is 6.42 Å². The molecule has 0 saturated carbocycles. The fraction of sp³-hybridized carbons (Fsp3) is 0.300. The normalized spacial score (nSPS) is 12.2. The molecule has 1 aromatic carbocycles. The van der Waals surface area contributed by atoms with E-state index in [4.69, 9.17) is 4.42 Å². The Kier molecular flexibility index (Phi) is 4.74. The summed E-state index contributed by atoms with van der Waals surface area (Å²) >= 11 is 0. The number of nitrogens with zero attached hydrogens (tertiary/aromatic N) is 2. The van der Waals surface area contributed by atoms with Crippen LogP contribution in [0.25, 0.3) is 11.0 Å². The van der Waals surface area contributed by atoms with Crippen LogP contribution in [0.5, 0.6) is 0 Å². The third-order valence-electron chi connectivity index (χ3n) is 4.35. The van der Waals surface area contributed by atoms with Gasteiger partial charge in [0.05, 0.1) is 0 Å². The van der Waals surface area contributed by atoms with Gasteiger partial charge < -0.3 is 14.6 Å². The van der Waals surface area contributed by atoms with E-state index in [1.165, 1.54) is 5.56 Å². The second-order valence-electron chi connectivity index (χ2n) is 6.53. The summed E-state index contributed by atoms with van der Waals surface area (Å²) in [5.41, 5.74) is 3.74. The van der Waals surface area contributed by atoms with E-state index in [0.29, 0.717) is 6.42 Å². The molecule has 2 amide bonds. The Morgan fingerprint density at radius 2 is 2.04 bits per heavy atom. The van der Waals surface area contributed by atoms with Gasteiger partial charge in [0.1, 0.15) is 11.3 Å². The molecule has 1 atom stereocenters.